The van der Waals surface area contributed by atoms with E-state index in [1.54, 1.807) is 17.0 Å². The number of piperidine rings is 1. The molecule has 1 aromatic heterocycles. The van der Waals surface area contributed by atoms with Crippen LogP contribution in [0.1, 0.15) is 24.2 Å². The molecule has 196 valence electrons. The van der Waals surface area contributed by atoms with Crippen molar-refractivity contribution in [1.82, 2.24) is 14.9 Å². The van der Waals surface area contributed by atoms with Crippen LogP contribution in [0, 0.1) is 0 Å². The molecule has 6 rings (SSSR count). The second kappa shape index (κ2) is 8.89. The maximum atomic E-state index is 13.6. The molecule has 0 radical (unpaired) electrons. The lowest BCUT2D eigenvalue weighted by molar-refractivity contribution is -0.144. The van der Waals surface area contributed by atoms with E-state index in [0.717, 1.165) is 30.6 Å². The molecule has 0 saturated carbocycles. The number of aliphatic hydroxyl groups excluding tert-OH is 1. The molecule has 3 aliphatic rings. The predicted molar refractivity (Wildman–Crippen MR) is 132 cm³/mol. The lowest BCUT2D eigenvalue weighted by atomic mass is 9.86. The number of β-amino-alcohol motifs (C(OH)–C–C–N with tert-alkyl or cyclic N) is 1. The third kappa shape index (κ3) is 4.45. The van der Waals surface area contributed by atoms with Gasteiger partial charge in [-0.3, -0.25) is 4.90 Å². The topological polar surface area (TPSA) is 71.0 Å². The van der Waals surface area contributed by atoms with Gasteiger partial charge < -0.3 is 19.5 Å². The molecule has 1 spiro atoms. The molecule has 2 unspecified atom stereocenters. The van der Waals surface area contributed by atoms with Gasteiger partial charge >= 0.3 is 6.18 Å². The van der Waals surface area contributed by atoms with Crippen molar-refractivity contribution in [2.75, 3.05) is 38.2 Å². The third-order valence-corrected chi connectivity index (χ3v) is 7.97. The fraction of sp³-hybridized carbons (Fsp3) is 0.462. The van der Waals surface area contributed by atoms with Crippen LogP contribution in [0.2, 0.25) is 5.02 Å². The zero-order valence-electron chi connectivity index (χ0n) is 20.1. The van der Waals surface area contributed by atoms with E-state index in [2.05, 4.69) is 14.9 Å². The van der Waals surface area contributed by atoms with E-state index in [9.17, 15) is 18.3 Å². The van der Waals surface area contributed by atoms with E-state index < -0.39 is 18.1 Å². The fourth-order valence-corrected chi connectivity index (χ4v) is 6.03. The van der Waals surface area contributed by atoms with Crippen molar-refractivity contribution in [3.05, 3.63) is 52.8 Å². The number of alkyl halides is 3. The van der Waals surface area contributed by atoms with Crippen LogP contribution < -0.4 is 14.4 Å². The number of rotatable bonds is 3. The highest BCUT2D eigenvalue weighted by molar-refractivity contribution is 6.30. The number of ether oxygens (including phenoxy) is 2. The Kier molecular flexibility index (Phi) is 5.89. The number of halogens is 4. The molecule has 4 heterocycles. The number of anilines is 1. The van der Waals surface area contributed by atoms with Crippen molar-refractivity contribution >= 4 is 28.3 Å². The van der Waals surface area contributed by atoms with Crippen molar-refractivity contribution in [3.63, 3.8) is 0 Å². The van der Waals surface area contributed by atoms with Crippen molar-refractivity contribution in [2.45, 2.75) is 43.2 Å². The van der Waals surface area contributed by atoms with Crippen molar-refractivity contribution in [3.8, 4) is 11.5 Å². The Hall–Kier alpha value is -2.82. The van der Waals surface area contributed by atoms with Crippen molar-refractivity contribution in [1.29, 1.82) is 0 Å². The molecule has 37 heavy (non-hydrogen) atoms. The number of benzene rings is 2. The zero-order valence-corrected chi connectivity index (χ0v) is 20.9. The number of methoxy groups -OCH3 is 1. The van der Waals surface area contributed by atoms with Crippen LogP contribution in [0.15, 0.2) is 36.4 Å². The lowest BCUT2D eigenvalue weighted by Crippen LogP contribution is -2.53. The maximum Gasteiger partial charge on any atom is 0.451 e. The summed E-state index contributed by atoms with van der Waals surface area (Å²) in [6.07, 6.45) is -3.06. The zero-order chi connectivity index (χ0) is 25.9. The van der Waals surface area contributed by atoms with E-state index in [0.29, 0.717) is 35.8 Å². The van der Waals surface area contributed by atoms with Gasteiger partial charge in [0.05, 0.1) is 24.8 Å². The largest absolute Gasteiger partial charge is 0.497 e. The van der Waals surface area contributed by atoms with Gasteiger partial charge in [-0.1, -0.05) is 11.6 Å². The smallest absolute Gasteiger partial charge is 0.451 e. The van der Waals surface area contributed by atoms with Crippen LogP contribution in [0.25, 0.3) is 10.9 Å². The minimum Gasteiger partial charge on any atom is -0.497 e. The average Bonchev–Trinajstić information content (AvgIpc) is 3.42. The second-order valence-corrected chi connectivity index (χ2v) is 10.5. The molecular weight excluding hydrogens is 509 g/mol. The summed E-state index contributed by atoms with van der Waals surface area (Å²) in [7, 11) is 1.49. The van der Waals surface area contributed by atoms with Gasteiger partial charge in [-0.25, -0.2) is 9.97 Å². The second-order valence-electron chi connectivity index (χ2n) is 10.0. The molecule has 7 nitrogen and oxygen atoms in total. The van der Waals surface area contributed by atoms with Crippen LogP contribution in [0.3, 0.4) is 0 Å². The highest BCUT2D eigenvalue weighted by Crippen LogP contribution is 2.43. The first kappa shape index (κ1) is 24.5. The number of likely N-dealkylation sites (tertiary alicyclic amines) is 1. The average molecular weight is 535 g/mol. The Morgan fingerprint density at radius 2 is 1.89 bits per heavy atom. The van der Waals surface area contributed by atoms with Gasteiger partial charge in [0.1, 0.15) is 22.9 Å². The molecule has 0 amide bonds. The lowest BCUT2D eigenvalue weighted by Gasteiger charge is -2.41. The number of nitrogens with zero attached hydrogens (tertiary/aromatic N) is 4. The highest BCUT2D eigenvalue weighted by Gasteiger charge is 2.46. The van der Waals surface area contributed by atoms with E-state index in [1.807, 2.05) is 18.2 Å². The van der Waals surface area contributed by atoms with E-state index in [4.69, 9.17) is 21.1 Å². The number of fused-ring (bicyclic) bond motifs is 2. The molecule has 2 atom stereocenters. The molecule has 11 heteroatoms. The first-order chi connectivity index (χ1) is 17.6. The number of aliphatic hydroxyl groups is 1. The normalized spacial score (nSPS) is 23.5. The molecule has 0 aliphatic carbocycles. The monoisotopic (exact) mass is 534 g/mol. The van der Waals surface area contributed by atoms with Crippen LogP contribution in [-0.4, -0.2) is 71.0 Å². The SMILES string of the molecule is COc1ccc2nc(C(F)(F)F)nc(N3CC(O)C(N4CCC5(CC4)Cc4cc(Cl)ccc4O5)C3)c2c1. The van der Waals surface area contributed by atoms with E-state index >= 15 is 0 Å². The Morgan fingerprint density at radius 1 is 1.11 bits per heavy atom. The summed E-state index contributed by atoms with van der Waals surface area (Å²) in [6.45, 7) is 1.95. The van der Waals surface area contributed by atoms with Crippen molar-refractivity contribution < 1.29 is 27.8 Å². The number of aromatic nitrogens is 2. The van der Waals surface area contributed by atoms with Gasteiger partial charge in [0, 0.05) is 55.9 Å². The molecule has 2 saturated heterocycles. The summed E-state index contributed by atoms with van der Waals surface area (Å²) in [4.78, 5) is 11.6. The predicted octanol–water partition coefficient (Wildman–Crippen LogP) is 4.33. The summed E-state index contributed by atoms with van der Waals surface area (Å²) in [6, 6.07) is 10.2. The quantitative estimate of drug-likeness (QED) is 0.536. The highest BCUT2D eigenvalue weighted by atomic mass is 35.5. The minimum absolute atomic E-state index is 0.151. The summed E-state index contributed by atoms with van der Waals surface area (Å²) in [5, 5.41) is 12.1. The van der Waals surface area contributed by atoms with Crippen LogP contribution in [0.5, 0.6) is 11.5 Å². The fourth-order valence-electron chi connectivity index (χ4n) is 5.83. The van der Waals surface area contributed by atoms with E-state index in [1.165, 1.54) is 13.2 Å². The summed E-state index contributed by atoms with van der Waals surface area (Å²) in [5.41, 5.74) is 1.00. The first-order valence-electron chi connectivity index (χ1n) is 12.2. The summed E-state index contributed by atoms with van der Waals surface area (Å²) < 4.78 is 52.4. The Balaban J connectivity index is 1.22. The molecule has 3 aliphatic heterocycles. The van der Waals surface area contributed by atoms with Gasteiger partial charge in [-0.2, -0.15) is 13.2 Å². The van der Waals surface area contributed by atoms with Crippen LogP contribution in [0.4, 0.5) is 19.0 Å². The molecule has 1 N–H and O–H groups in total. The molecule has 0 bridgehead atoms. The van der Waals surface area contributed by atoms with Gasteiger partial charge in [-0.05, 0) is 42.0 Å². The van der Waals surface area contributed by atoms with Gasteiger partial charge in [0.15, 0.2) is 0 Å². The molecule has 2 aromatic carbocycles. The Morgan fingerprint density at radius 3 is 2.62 bits per heavy atom. The first-order valence-corrected chi connectivity index (χ1v) is 12.6. The standard InChI is InChI=1S/C26H26ClF3N4O3/c1-36-17-3-4-19-18(11-17)23(32-24(31-19)26(28,29)30)34-13-20(21(35)14-34)33-8-6-25(7-9-33)12-15-10-16(27)2-5-22(15)37-25/h2-5,10-11,20-21,35H,6-9,12-14H2,1H3. The summed E-state index contributed by atoms with van der Waals surface area (Å²) in [5.74, 6) is 0.318. The van der Waals surface area contributed by atoms with Gasteiger partial charge in [0.25, 0.3) is 0 Å². The van der Waals surface area contributed by atoms with E-state index in [-0.39, 0.29) is 29.5 Å². The van der Waals surface area contributed by atoms with Crippen LogP contribution >= 0.6 is 11.6 Å². The number of hydrogen-bond donors (Lipinski definition) is 1. The van der Waals surface area contributed by atoms with Crippen molar-refractivity contribution in [2.24, 2.45) is 0 Å². The van der Waals surface area contributed by atoms with Gasteiger partial charge in [-0.15, -0.1) is 0 Å². The molecular formula is C26H26ClF3N4O3. The van der Waals surface area contributed by atoms with Gasteiger partial charge in [0.2, 0.25) is 5.82 Å². The summed E-state index contributed by atoms with van der Waals surface area (Å²) >= 11 is 6.15. The molecule has 3 aromatic rings. The third-order valence-electron chi connectivity index (χ3n) is 7.73. The Labute approximate surface area is 216 Å². The Bertz CT molecular complexity index is 1350. The number of hydrogen-bond acceptors (Lipinski definition) is 7. The minimum atomic E-state index is -4.69. The maximum absolute atomic E-state index is 13.6. The molecule has 2 fully saturated rings. The van der Waals surface area contributed by atoms with Crippen LogP contribution in [-0.2, 0) is 12.6 Å².